The van der Waals surface area contributed by atoms with Gasteiger partial charge in [-0.15, -0.1) is 0 Å². The Kier molecular flexibility index (Phi) is 5.71. The van der Waals surface area contributed by atoms with Gasteiger partial charge in [0.25, 0.3) is 0 Å². The number of nitrogens with zero attached hydrogens (tertiary/aromatic N) is 2. The molecule has 1 aliphatic rings. The van der Waals surface area contributed by atoms with Crippen LogP contribution in [0.15, 0.2) is 103 Å². The molecule has 37 heavy (non-hydrogen) atoms. The van der Waals surface area contributed by atoms with Crippen molar-refractivity contribution < 1.29 is 9.31 Å². The van der Waals surface area contributed by atoms with Crippen molar-refractivity contribution in [2.75, 3.05) is 0 Å². The first kappa shape index (κ1) is 23.6. The molecule has 0 unspecified atom stereocenters. The van der Waals surface area contributed by atoms with Crippen molar-refractivity contribution in [3.8, 4) is 33.9 Å². The smallest absolute Gasteiger partial charge is 0.399 e. The van der Waals surface area contributed by atoms with Crippen LogP contribution in [0.25, 0.3) is 44.7 Å². The Bertz CT molecular complexity index is 1580. The first-order chi connectivity index (χ1) is 17.8. The molecule has 4 nitrogen and oxygen atoms in total. The normalized spacial score (nSPS) is 16.3. The van der Waals surface area contributed by atoms with Crippen molar-refractivity contribution >= 4 is 23.4 Å². The standard InChI is InChI=1S/C32H29BN2O2/c1-31(2)32(3,4)37-33(36-31)25-17-10-16-24(20-25)28-21-29(35-30(34-28)23-13-6-5-7-14-23)27-19-11-15-22-12-8-9-18-26(22)27/h5-21H,1-4H3. The molecule has 0 radical (unpaired) electrons. The van der Waals surface area contributed by atoms with E-state index in [0.717, 1.165) is 33.5 Å². The second kappa shape index (κ2) is 8.95. The Labute approximate surface area is 218 Å². The zero-order chi connectivity index (χ0) is 25.6. The van der Waals surface area contributed by atoms with Crippen LogP contribution in [0, 0.1) is 0 Å². The molecular weight excluding hydrogens is 455 g/mol. The van der Waals surface area contributed by atoms with Gasteiger partial charge >= 0.3 is 7.12 Å². The average molecular weight is 484 g/mol. The minimum absolute atomic E-state index is 0.398. The number of aromatic nitrogens is 2. The highest BCUT2D eigenvalue weighted by Crippen LogP contribution is 2.37. The molecular formula is C32H29BN2O2. The van der Waals surface area contributed by atoms with Gasteiger partial charge in [-0.2, -0.15) is 0 Å². The maximum Gasteiger partial charge on any atom is 0.494 e. The van der Waals surface area contributed by atoms with Gasteiger partial charge in [0.2, 0.25) is 0 Å². The van der Waals surface area contributed by atoms with Crippen LogP contribution in [0.3, 0.4) is 0 Å². The molecule has 0 amide bonds. The summed E-state index contributed by atoms with van der Waals surface area (Å²) in [5, 5.41) is 2.35. The van der Waals surface area contributed by atoms with E-state index in [9.17, 15) is 0 Å². The third-order valence-corrected chi connectivity index (χ3v) is 7.53. The maximum absolute atomic E-state index is 6.32. The first-order valence-electron chi connectivity index (χ1n) is 12.7. The van der Waals surface area contributed by atoms with Gasteiger partial charge < -0.3 is 9.31 Å². The summed E-state index contributed by atoms with van der Waals surface area (Å²) < 4.78 is 12.6. The summed E-state index contributed by atoms with van der Waals surface area (Å²) in [6.07, 6.45) is 0. The molecule has 4 aromatic carbocycles. The summed E-state index contributed by atoms with van der Waals surface area (Å²) in [6.45, 7) is 8.29. The number of rotatable bonds is 4. The molecule has 0 saturated carbocycles. The zero-order valence-corrected chi connectivity index (χ0v) is 21.6. The molecule has 0 N–H and O–H groups in total. The Morgan fingerprint density at radius 2 is 1.22 bits per heavy atom. The highest BCUT2D eigenvalue weighted by Gasteiger charge is 2.51. The van der Waals surface area contributed by atoms with Crippen LogP contribution in [0.4, 0.5) is 0 Å². The summed E-state index contributed by atoms with van der Waals surface area (Å²) in [7, 11) is -0.432. The third kappa shape index (κ3) is 4.35. The average Bonchev–Trinajstić information content (AvgIpc) is 3.15. The number of hydrogen-bond donors (Lipinski definition) is 0. The van der Waals surface area contributed by atoms with Crippen molar-refractivity contribution in [1.82, 2.24) is 9.97 Å². The molecule has 1 saturated heterocycles. The number of fused-ring (bicyclic) bond motifs is 1. The molecule has 1 aliphatic heterocycles. The molecule has 1 aromatic heterocycles. The fourth-order valence-corrected chi connectivity index (χ4v) is 4.72. The molecule has 0 aliphatic carbocycles. The fraction of sp³-hybridized carbons (Fsp3) is 0.188. The van der Waals surface area contributed by atoms with Crippen molar-refractivity contribution in [3.05, 3.63) is 103 Å². The maximum atomic E-state index is 6.32. The monoisotopic (exact) mass is 484 g/mol. The van der Waals surface area contributed by atoms with Crippen molar-refractivity contribution in [2.24, 2.45) is 0 Å². The molecule has 1 fully saturated rings. The molecule has 6 rings (SSSR count). The quantitative estimate of drug-likeness (QED) is 0.260. The van der Waals surface area contributed by atoms with Crippen LogP contribution in [-0.2, 0) is 9.31 Å². The lowest BCUT2D eigenvalue weighted by atomic mass is 9.78. The van der Waals surface area contributed by atoms with Gasteiger partial charge in [-0.3, -0.25) is 0 Å². The lowest BCUT2D eigenvalue weighted by molar-refractivity contribution is 0.00578. The minimum atomic E-state index is -0.432. The van der Waals surface area contributed by atoms with Gasteiger partial charge in [-0.1, -0.05) is 97.1 Å². The number of benzene rings is 4. The van der Waals surface area contributed by atoms with Crippen LogP contribution >= 0.6 is 0 Å². The van der Waals surface area contributed by atoms with Crippen LogP contribution in [0.2, 0.25) is 0 Å². The van der Waals surface area contributed by atoms with E-state index >= 15 is 0 Å². The van der Waals surface area contributed by atoms with Crippen LogP contribution < -0.4 is 5.46 Å². The van der Waals surface area contributed by atoms with Gasteiger partial charge in [0.15, 0.2) is 5.82 Å². The lowest BCUT2D eigenvalue weighted by Gasteiger charge is -2.32. The fourth-order valence-electron chi connectivity index (χ4n) is 4.72. The summed E-state index contributed by atoms with van der Waals surface area (Å²) in [5.74, 6) is 0.696. The molecule has 0 spiro atoms. The van der Waals surface area contributed by atoms with Gasteiger partial charge in [0.05, 0.1) is 22.6 Å². The summed E-state index contributed by atoms with van der Waals surface area (Å²) >= 11 is 0. The van der Waals surface area contributed by atoms with Crippen LogP contribution in [0.5, 0.6) is 0 Å². The Morgan fingerprint density at radius 1 is 0.595 bits per heavy atom. The highest BCUT2D eigenvalue weighted by molar-refractivity contribution is 6.62. The van der Waals surface area contributed by atoms with E-state index in [1.54, 1.807) is 0 Å². The van der Waals surface area contributed by atoms with E-state index in [1.807, 2.05) is 36.4 Å². The largest absolute Gasteiger partial charge is 0.494 e. The summed E-state index contributed by atoms with van der Waals surface area (Å²) in [6, 6.07) is 35.3. The molecule has 0 atom stereocenters. The van der Waals surface area contributed by atoms with Gasteiger partial charge in [0.1, 0.15) is 0 Å². The second-order valence-electron chi connectivity index (χ2n) is 10.6. The van der Waals surface area contributed by atoms with Crippen LogP contribution in [-0.4, -0.2) is 28.3 Å². The predicted molar refractivity (Wildman–Crippen MR) is 152 cm³/mol. The lowest BCUT2D eigenvalue weighted by Crippen LogP contribution is -2.41. The topological polar surface area (TPSA) is 44.2 Å². The second-order valence-corrected chi connectivity index (χ2v) is 10.6. The molecule has 2 heterocycles. The minimum Gasteiger partial charge on any atom is -0.399 e. The Morgan fingerprint density at radius 3 is 2.00 bits per heavy atom. The van der Waals surface area contributed by atoms with E-state index in [4.69, 9.17) is 19.3 Å². The van der Waals surface area contributed by atoms with Gasteiger partial charge in [-0.25, -0.2) is 9.97 Å². The highest BCUT2D eigenvalue weighted by atomic mass is 16.7. The Balaban J connectivity index is 1.49. The van der Waals surface area contributed by atoms with Gasteiger partial charge in [-0.05, 0) is 55.6 Å². The van der Waals surface area contributed by atoms with Crippen molar-refractivity contribution in [3.63, 3.8) is 0 Å². The summed E-state index contributed by atoms with van der Waals surface area (Å²) in [5.41, 5.74) is 4.98. The molecule has 5 aromatic rings. The predicted octanol–water partition coefficient (Wildman–Crippen LogP) is 6.93. The van der Waals surface area contributed by atoms with Crippen molar-refractivity contribution in [2.45, 2.75) is 38.9 Å². The molecule has 182 valence electrons. The van der Waals surface area contributed by atoms with E-state index in [2.05, 4.69) is 94.4 Å². The van der Waals surface area contributed by atoms with E-state index in [1.165, 1.54) is 10.8 Å². The van der Waals surface area contributed by atoms with E-state index in [0.29, 0.717) is 5.82 Å². The number of hydrogen-bond acceptors (Lipinski definition) is 4. The van der Waals surface area contributed by atoms with E-state index in [-0.39, 0.29) is 0 Å². The Hall–Kier alpha value is -3.80. The molecule has 0 bridgehead atoms. The van der Waals surface area contributed by atoms with Crippen LogP contribution in [0.1, 0.15) is 27.7 Å². The first-order valence-corrected chi connectivity index (χ1v) is 12.7. The summed E-state index contributed by atoms with van der Waals surface area (Å²) in [4.78, 5) is 10.0. The van der Waals surface area contributed by atoms with E-state index < -0.39 is 18.3 Å². The SMILES string of the molecule is CC1(C)OB(c2cccc(-c3cc(-c4cccc5ccccc45)nc(-c4ccccc4)n3)c2)OC1(C)C. The molecule has 5 heteroatoms. The van der Waals surface area contributed by atoms with Gasteiger partial charge in [0, 0.05) is 11.1 Å². The zero-order valence-electron chi connectivity index (χ0n) is 21.6. The van der Waals surface area contributed by atoms with Crippen molar-refractivity contribution in [1.29, 1.82) is 0 Å². The third-order valence-electron chi connectivity index (χ3n) is 7.53.